The Morgan fingerprint density at radius 1 is 1.50 bits per heavy atom. The number of hydrogen-bond donors (Lipinski definition) is 2. The Morgan fingerprint density at radius 3 is 3.15 bits per heavy atom. The summed E-state index contributed by atoms with van der Waals surface area (Å²) in [6.07, 6.45) is 4.08. The summed E-state index contributed by atoms with van der Waals surface area (Å²) in [5.41, 5.74) is 0.672. The third kappa shape index (κ3) is 3.39. The second kappa shape index (κ2) is 5.79. The predicted octanol–water partition coefficient (Wildman–Crippen LogP) is 1.72. The van der Waals surface area contributed by atoms with Gasteiger partial charge in [-0.15, -0.1) is 5.10 Å². The Balaban J connectivity index is 0.00000121. The third-order valence-corrected chi connectivity index (χ3v) is 2.93. The smallest absolute Gasteiger partial charge is 0.252 e. The Morgan fingerprint density at radius 2 is 2.40 bits per heavy atom. The van der Waals surface area contributed by atoms with Gasteiger partial charge in [-0.3, -0.25) is 20.2 Å². The quantitative estimate of drug-likeness (QED) is 0.838. The highest BCUT2D eigenvalue weighted by Gasteiger charge is 2.21. The number of amides is 1. The van der Waals surface area contributed by atoms with E-state index in [0.717, 1.165) is 0 Å². The lowest BCUT2D eigenvalue weighted by molar-refractivity contribution is -0.120. The molecule has 0 unspecified atom stereocenters. The fourth-order valence-corrected chi connectivity index (χ4v) is 1.70. The van der Waals surface area contributed by atoms with Crippen molar-refractivity contribution in [1.29, 1.82) is 0 Å². The molecule has 1 saturated carbocycles. The summed E-state index contributed by atoms with van der Waals surface area (Å²) in [4.78, 5) is 19.9. The molecule has 1 fully saturated rings. The van der Waals surface area contributed by atoms with Crippen LogP contribution in [0.2, 0.25) is 0 Å². The second-order valence-corrected chi connectivity index (χ2v) is 4.73. The zero-order valence-electron chi connectivity index (χ0n) is 10.9. The molecule has 20 heavy (non-hydrogen) atoms. The summed E-state index contributed by atoms with van der Waals surface area (Å²) < 4.78 is 5.29. The molecular formula is C13H19N5O2. The summed E-state index contributed by atoms with van der Waals surface area (Å²) >= 11 is 0. The first-order valence-corrected chi connectivity index (χ1v) is 6.52. The Hall–Kier alpha value is -2.28. The normalized spacial score (nSPS) is 14.2. The minimum absolute atomic E-state index is 0. The molecule has 1 aliphatic carbocycles. The number of carbonyl (C=O) groups excluding carboxylic acids is 1. The van der Waals surface area contributed by atoms with Crippen molar-refractivity contribution in [3.63, 3.8) is 0 Å². The number of nitrogens with zero attached hydrogens (tertiary/aromatic N) is 3. The lowest BCUT2D eigenvalue weighted by Crippen LogP contribution is -2.19. The van der Waals surface area contributed by atoms with Crippen molar-refractivity contribution in [1.82, 2.24) is 20.2 Å². The highest BCUT2D eigenvalue weighted by Crippen LogP contribution is 2.28. The van der Waals surface area contributed by atoms with E-state index in [2.05, 4.69) is 25.5 Å². The van der Waals surface area contributed by atoms with Crippen LogP contribution >= 0.6 is 0 Å². The highest BCUT2D eigenvalue weighted by atomic mass is 16.5. The standard InChI is InChI=1S/C13H15N5O2.2H2/c19-11(8-20-7-9-4-5-9)15-13-16-12(17-18-13)10-3-1-2-6-14-10;;/h1-3,6,9H,4-5,7-8H2,(H2,15,16,17,18,19);2*1H. The first-order chi connectivity index (χ1) is 9.81. The molecule has 0 radical (unpaired) electrons. The van der Waals surface area contributed by atoms with Crippen LogP contribution in [0.15, 0.2) is 24.4 Å². The zero-order chi connectivity index (χ0) is 13.8. The van der Waals surface area contributed by atoms with Gasteiger partial charge >= 0.3 is 0 Å². The van der Waals surface area contributed by atoms with E-state index in [4.69, 9.17) is 4.74 Å². The molecule has 7 heteroatoms. The van der Waals surface area contributed by atoms with Gasteiger partial charge in [0.2, 0.25) is 5.95 Å². The number of anilines is 1. The van der Waals surface area contributed by atoms with Crippen LogP contribution in [-0.4, -0.2) is 39.3 Å². The van der Waals surface area contributed by atoms with Gasteiger partial charge in [0.15, 0.2) is 5.82 Å². The van der Waals surface area contributed by atoms with E-state index < -0.39 is 0 Å². The van der Waals surface area contributed by atoms with Crippen molar-refractivity contribution in [3.8, 4) is 11.5 Å². The molecular weight excluding hydrogens is 258 g/mol. The van der Waals surface area contributed by atoms with Gasteiger partial charge in [0.1, 0.15) is 12.3 Å². The van der Waals surface area contributed by atoms with Crippen molar-refractivity contribution in [2.24, 2.45) is 5.92 Å². The number of carbonyl (C=O) groups is 1. The number of nitrogens with one attached hydrogen (secondary N) is 2. The van der Waals surface area contributed by atoms with Gasteiger partial charge in [-0.2, -0.15) is 4.98 Å². The molecule has 2 N–H and O–H groups in total. The molecule has 1 amide bonds. The van der Waals surface area contributed by atoms with E-state index in [1.165, 1.54) is 12.8 Å². The molecule has 2 aromatic rings. The number of H-pyrrole nitrogens is 1. The number of ether oxygens (including phenoxy) is 1. The molecule has 7 nitrogen and oxygen atoms in total. The predicted molar refractivity (Wildman–Crippen MR) is 76.0 cm³/mol. The summed E-state index contributed by atoms with van der Waals surface area (Å²) in [7, 11) is 0. The Bertz CT molecular complexity index is 589. The van der Waals surface area contributed by atoms with Gasteiger partial charge in [-0.25, -0.2) is 0 Å². The second-order valence-electron chi connectivity index (χ2n) is 4.73. The molecule has 0 bridgehead atoms. The van der Waals surface area contributed by atoms with E-state index in [0.29, 0.717) is 24.0 Å². The molecule has 108 valence electrons. The molecule has 0 aliphatic heterocycles. The van der Waals surface area contributed by atoms with Gasteiger partial charge in [-0.1, -0.05) is 6.07 Å². The summed E-state index contributed by atoms with van der Waals surface area (Å²) in [6, 6.07) is 5.49. The number of aromatic nitrogens is 4. The minimum Gasteiger partial charge on any atom is -0.371 e. The fraction of sp³-hybridized carbons (Fsp3) is 0.385. The first kappa shape index (κ1) is 12.7. The average Bonchev–Trinajstić information content (AvgIpc) is 3.17. The van der Waals surface area contributed by atoms with E-state index in [1.54, 1.807) is 6.20 Å². The molecule has 1 aliphatic rings. The molecule has 0 aromatic carbocycles. The van der Waals surface area contributed by atoms with Crippen molar-refractivity contribution in [2.75, 3.05) is 18.5 Å². The molecule has 0 atom stereocenters. The lowest BCUT2D eigenvalue weighted by Gasteiger charge is -2.01. The van der Waals surface area contributed by atoms with Crippen LogP contribution in [0, 0.1) is 5.92 Å². The maximum absolute atomic E-state index is 11.6. The van der Waals surface area contributed by atoms with E-state index in [1.807, 2.05) is 18.2 Å². The monoisotopic (exact) mass is 277 g/mol. The molecule has 0 spiro atoms. The van der Waals surface area contributed by atoms with Gasteiger partial charge in [-0.05, 0) is 30.9 Å². The largest absolute Gasteiger partial charge is 0.371 e. The van der Waals surface area contributed by atoms with Crippen molar-refractivity contribution < 1.29 is 12.4 Å². The zero-order valence-corrected chi connectivity index (χ0v) is 10.9. The molecule has 2 aromatic heterocycles. The van der Waals surface area contributed by atoms with Crippen LogP contribution in [0.1, 0.15) is 15.7 Å². The van der Waals surface area contributed by atoms with E-state index >= 15 is 0 Å². The number of hydrogen-bond acceptors (Lipinski definition) is 5. The molecule has 3 rings (SSSR count). The van der Waals surface area contributed by atoms with Crippen LogP contribution < -0.4 is 5.32 Å². The van der Waals surface area contributed by atoms with Crippen LogP contribution in [0.5, 0.6) is 0 Å². The minimum atomic E-state index is -0.253. The summed E-state index contributed by atoms with van der Waals surface area (Å²) in [5.74, 6) is 1.13. The van der Waals surface area contributed by atoms with Crippen LogP contribution in [0.3, 0.4) is 0 Å². The number of aromatic amines is 1. The third-order valence-electron chi connectivity index (χ3n) is 2.93. The Labute approximate surface area is 118 Å². The van der Waals surface area contributed by atoms with Gasteiger partial charge < -0.3 is 4.74 Å². The SMILES string of the molecule is O=C(COCC1CC1)Nc1n[nH]c(-c2ccccn2)n1.[HH].[HH]. The Kier molecular flexibility index (Phi) is 3.69. The maximum Gasteiger partial charge on any atom is 0.252 e. The number of pyridine rings is 1. The van der Waals surface area contributed by atoms with E-state index in [9.17, 15) is 4.79 Å². The van der Waals surface area contributed by atoms with Gasteiger partial charge in [0.25, 0.3) is 5.91 Å². The highest BCUT2D eigenvalue weighted by molar-refractivity contribution is 5.90. The van der Waals surface area contributed by atoms with Crippen LogP contribution in [0.4, 0.5) is 5.95 Å². The topological polar surface area (TPSA) is 92.8 Å². The van der Waals surface area contributed by atoms with Gasteiger partial charge in [0, 0.05) is 9.05 Å². The van der Waals surface area contributed by atoms with Crippen molar-refractivity contribution in [3.05, 3.63) is 24.4 Å². The van der Waals surface area contributed by atoms with Crippen molar-refractivity contribution >= 4 is 11.9 Å². The first-order valence-electron chi connectivity index (χ1n) is 6.52. The summed E-state index contributed by atoms with van der Waals surface area (Å²) in [5, 5.41) is 9.24. The maximum atomic E-state index is 11.6. The number of rotatable bonds is 6. The average molecular weight is 277 g/mol. The molecule has 0 saturated heterocycles. The van der Waals surface area contributed by atoms with Crippen LogP contribution in [0.25, 0.3) is 11.5 Å². The lowest BCUT2D eigenvalue weighted by atomic mass is 10.3. The molecule has 2 heterocycles. The van der Waals surface area contributed by atoms with Gasteiger partial charge in [0.05, 0.1) is 6.61 Å². The van der Waals surface area contributed by atoms with Crippen molar-refractivity contribution in [2.45, 2.75) is 12.8 Å². The fourth-order valence-electron chi connectivity index (χ4n) is 1.70. The summed E-state index contributed by atoms with van der Waals surface area (Å²) in [6.45, 7) is 0.685. The van der Waals surface area contributed by atoms with Crippen LogP contribution in [-0.2, 0) is 9.53 Å². The van der Waals surface area contributed by atoms with E-state index in [-0.39, 0.29) is 21.3 Å².